The molecule has 1 N–H and O–H groups in total. The average Bonchev–Trinajstić information content (AvgIpc) is 2.46. The lowest BCUT2D eigenvalue weighted by Gasteiger charge is -2.34. The van der Waals surface area contributed by atoms with Crippen molar-refractivity contribution < 1.29 is 9.59 Å². The van der Waals surface area contributed by atoms with Gasteiger partial charge in [-0.1, -0.05) is 30.3 Å². The van der Waals surface area contributed by atoms with E-state index in [1.807, 2.05) is 30.3 Å². The molecule has 5 heteroatoms. The maximum atomic E-state index is 12.0. The van der Waals surface area contributed by atoms with Crippen LogP contribution in [0.15, 0.2) is 30.3 Å². The summed E-state index contributed by atoms with van der Waals surface area (Å²) in [6.45, 7) is 4.53. The van der Waals surface area contributed by atoms with Gasteiger partial charge in [0.25, 0.3) is 0 Å². The van der Waals surface area contributed by atoms with Crippen molar-refractivity contribution in [1.29, 1.82) is 0 Å². The number of benzene rings is 1. The highest BCUT2D eigenvalue weighted by Crippen LogP contribution is 2.03. The topological polar surface area (TPSA) is 52.7 Å². The van der Waals surface area contributed by atoms with Crippen LogP contribution in [-0.4, -0.2) is 47.9 Å². The Labute approximate surface area is 113 Å². The minimum atomic E-state index is -0.0629. The van der Waals surface area contributed by atoms with Gasteiger partial charge in [-0.25, -0.2) is 4.79 Å². The minimum absolute atomic E-state index is 0.0629. The fourth-order valence-corrected chi connectivity index (χ4v) is 2.11. The Bertz CT molecular complexity index is 439. The fourth-order valence-electron chi connectivity index (χ4n) is 2.11. The minimum Gasteiger partial charge on any atom is -0.339 e. The van der Waals surface area contributed by atoms with Crippen LogP contribution in [0, 0.1) is 0 Å². The normalized spacial score (nSPS) is 15.2. The molecule has 1 heterocycles. The standard InChI is InChI=1S/C14H19N3O2/c1-12(18)16-7-9-17(10-8-16)14(19)15-11-13-5-3-2-4-6-13/h2-6H,7-11H2,1H3,(H,15,19). The molecule has 1 aromatic rings. The molecule has 1 aliphatic rings. The van der Waals surface area contributed by atoms with E-state index in [1.165, 1.54) is 0 Å². The summed E-state index contributed by atoms with van der Waals surface area (Å²) in [5.74, 6) is 0.0735. The quantitative estimate of drug-likeness (QED) is 0.865. The van der Waals surface area contributed by atoms with Crippen LogP contribution in [-0.2, 0) is 11.3 Å². The first-order valence-corrected chi connectivity index (χ1v) is 6.49. The molecule has 0 atom stereocenters. The summed E-state index contributed by atoms with van der Waals surface area (Å²) in [5.41, 5.74) is 1.08. The zero-order valence-electron chi connectivity index (χ0n) is 11.1. The molecule has 102 valence electrons. The van der Waals surface area contributed by atoms with E-state index in [2.05, 4.69) is 5.32 Å². The predicted molar refractivity (Wildman–Crippen MR) is 72.5 cm³/mol. The lowest BCUT2D eigenvalue weighted by atomic mass is 10.2. The van der Waals surface area contributed by atoms with Gasteiger partial charge in [0.15, 0.2) is 0 Å². The number of amides is 3. The molecule has 1 aliphatic heterocycles. The van der Waals surface area contributed by atoms with Crippen molar-refractivity contribution in [2.45, 2.75) is 13.5 Å². The van der Waals surface area contributed by atoms with Crippen molar-refractivity contribution in [3.8, 4) is 0 Å². The molecule has 3 amide bonds. The van der Waals surface area contributed by atoms with Crippen LogP contribution in [0.5, 0.6) is 0 Å². The van der Waals surface area contributed by atoms with Gasteiger partial charge in [0, 0.05) is 39.6 Å². The highest BCUT2D eigenvalue weighted by molar-refractivity contribution is 5.76. The fraction of sp³-hybridized carbons (Fsp3) is 0.429. The van der Waals surface area contributed by atoms with Gasteiger partial charge in [-0.3, -0.25) is 4.79 Å². The molecule has 1 fully saturated rings. The van der Waals surface area contributed by atoms with Crippen molar-refractivity contribution in [2.75, 3.05) is 26.2 Å². The summed E-state index contributed by atoms with van der Waals surface area (Å²) in [7, 11) is 0. The van der Waals surface area contributed by atoms with Crippen LogP contribution in [0.25, 0.3) is 0 Å². The molecule has 1 saturated heterocycles. The van der Waals surface area contributed by atoms with E-state index in [9.17, 15) is 9.59 Å². The van der Waals surface area contributed by atoms with Crippen LogP contribution in [0.2, 0.25) is 0 Å². The zero-order valence-corrected chi connectivity index (χ0v) is 11.1. The van der Waals surface area contributed by atoms with Crippen LogP contribution in [0.1, 0.15) is 12.5 Å². The molecule has 0 unspecified atom stereocenters. The molecule has 0 saturated carbocycles. The molecular formula is C14H19N3O2. The van der Waals surface area contributed by atoms with Gasteiger partial charge in [0.2, 0.25) is 5.91 Å². The van der Waals surface area contributed by atoms with Crippen molar-refractivity contribution in [1.82, 2.24) is 15.1 Å². The third kappa shape index (κ3) is 3.71. The first-order valence-electron chi connectivity index (χ1n) is 6.49. The highest BCUT2D eigenvalue weighted by atomic mass is 16.2. The maximum Gasteiger partial charge on any atom is 0.317 e. The number of carbonyl (C=O) groups is 2. The van der Waals surface area contributed by atoms with Gasteiger partial charge in [0.05, 0.1) is 0 Å². The van der Waals surface area contributed by atoms with Crippen LogP contribution in [0.4, 0.5) is 4.79 Å². The van der Waals surface area contributed by atoms with Crippen LogP contribution >= 0.6 is 0 Å². The number of urea groups is 1. The largest absolute Gasteiger partial charge is 0.339 e. The Morgan fingerprint density at radius 3 is 2.21 bits per heavy atom. The number of rotatable bonds is 2. The second-order valence-corrected chi connectivity index (χ2v) is 4.64. The van der Waals surface area contributed by atoms with Crippen molar-refractivity contribution in [2.24, 2.45) is 0 Å². The summed E-state index contributed by atoms with van der Waals surface area (Å²) >= 11 is 0. The summed E-state index contributed by atoms with van der Waals surface area (Å²) in [6, 6.07) is 9.75. The third-order valence-electron chi connectivity index (χ3n) is 3.30. The average molecular weight is 261 g/mol. The Morgan fingerprint density at radius 1 is 1.05 bits per heavy atom. The van der Waals surface area contributed by atoms with E-state index in [0.29, 0.717) is 32.7 Å². The van der Waals surface area contributed by atoms with Gasteiger partial charge < -0.3 is 15.1 Å². The Kier molecular flexibility index (Phi) is 4.39. The lowest BCUT2D eigenvalue weighted by Crippen LogP contribution is -2.52. The molecular weight excluding hydrogens is 242 g/mol. The summed E-state index contributed by atoms with van der Waals surface area (Å²) in [5, 5.41) is 2.90. The number of nitrogens with zero attached hydrogens (tertiary/aromatic N) is 2. The predicted octanol–water partition coefficient (Wildman–Crippen LogP) is 1.06. The van der Waals surface area contributed by atoms with Gasteiger partial charge in [-0.15, -0.1) is 0 Å². The monoisotopic (exact) mass is 261 g/mol. The summed E-state index contributed by atoms with van der Waals surface area (Å²) in [6.07, 6.45) is 0. The van der Waals surface area contributed by atoms with Gasteiger partial charge in [-0.2, -0.15) is 0 Å². The highest BCUT2D eigenvalue weighted by Gasteiger charge is 2.21. The molecule has 0 spiro atoms. The van der Waals surface area contributed by atoms with E-state index in [1.54, 1.807) is 16.7 Å². The third-order valence-corrected chi connectivity index (χ3v) is 3.30. The van der Waals surface area contributed by atoms with Crippen molar-refractivity contribution >= 4 is 11.9 Å². The molecule has 0 bridgehead atoms. The lowest BCUT2D eigenvalue weighted by molar-refractivity contribution is -0.130. The smallest absolute Gasteiger partial charge is 0.317 e. The Morgan fingerprint density at radius 2 is 1.63 bits per heavy atom. The molecule has 19 heavy (non-hydrogen) atoms. The molecule has 0 aromatic heterocycles. The zero-order chi connectivity index (χ0) is 13.7. The molecule has 0 aliphatic carbocycles. The van der Waals surface area contributed by atoms with E-state index >= 15 is 0 Å². The van der Waals surface area contributed by atoms with Crippen LogP contribution in [0.3, 0.4) is 0 Å². The number of nitrogens with one attached hydrogen (secondary N) is 1. The van der Waals surface area contributed by atoms with E-state index < -0.39 is 0 Å². The SMILES string of the molecule is CC(=O)N1CCN(C(=O)NCc2ccccc2)CC1. The van der Waals surface area contributed by atoms with Crippen molar-refractivity contribution in [3.63, 3.8) is 0 Å². The van der Waals surface area contributed by atoms with Crippen LogP contribution < -0.4 is 5.32 Å². The second kappa shape index (κ2) is 6.22. The van der Waals surface area contributed by atoms with Gasteiger partial charge in [-0.05, 0) is 5.56 Å². The summed E-state index contributed by atoms with van der Waals surface area (Å²) < 4.78 is 0. The van der Waals surface area contributed by atoms with E-state index in [0.717, 1.165) is 5.56 Å². The second-order valence-electron chi connectivity index (χ2n) is 4.64. The van der Waals surface area contributed by atoms with Crippen molar-refractivity contribution in [3.05, 3.63) is 35.9 Å². The number of piperazine rings is 1. The molecule has 2 rings (SSSR count). The van der Waals surface area contributed by atoms with Gasteiger partial charge in [0.1, 0.15) is 0 Å². The number of hydrogen-bond donors (Lipinski definition) is 1. The first kappa shape index (κ1) is 13.4. The number of carbonyl (C=O) groups excluding carboxylic acids is 2. The Balaban J connectivity index is 1.77. The molecule has 0 radical (unpaired) electrons. The van der Waals surface area contributed by atoms with E-state index in [-0.39, 0.29) is 11.9 Å². The maximum absolute atomic E-state index is 12.0. The number of hydrogen-bond acceptors (Lipinski definition) is 2. The van der Waals surface area contributed by atoms with Gasteiger partial charge >= 0.3 is 6.03 Å². The van der Waals surface area contributed by atoms with E-state index in [4.69, 9.17) is 0 Å². The molecule has 5 nitrogen and oxygen atoms in total. The first-order chi connectivity index (χ1) is 9.16. The summed E-state index contributed by atoms with van der Waals surface area (Å²) in [4.78, 5) is 26.7. The molecule has 1 aromatic carbocycles. The Hall–Kier alpha value is -2.04.